The molecule has 27 heavy (non-hydrogen) atoms. The van der Waals surface area contributed by atoms with Crippen molar-refractivity contribution in [3.8, 4) is 11.4 Å². The van der Waals surface area contributed by atoms with Crippen molar-refractivity contribution in [1.29, 1.82) is 0 Å². The van der Waals surface area contributed by atoms with Gasteiger partial charge in [-0.3, -0.25) is 14.9 Å². The van der Waals surface area contributed by atoms with Crippen LogP contribution in [0.5, 0.6) is 0 Å². The van der Waals surface area contributed by atoms with Crippen LogP contribution in [0.25, 0.3) is 11.4 Å². The Labute approximate surface area is 156 Å². The van der Waals surface area contributed by atoms with Gasteiger partial charge in [-0.15, -0.1) is 0 Å². The molecule has 1 fully saturated rings. The van der Waals surface area contributed by atoms with Crippen molar-refractivity contribution < 1.29 is 4.79 Å². The third kappa shape index (κ3) is 2.83. The van der Waals surface area contributed by atoms with Crippen molar-refractivity contribution in [1.82, 2.24) is 30.5 Å². The Morgan fingerprint density at radius 3 is 2.96 bits per heavy atom. The highest BCUT2D eigenvalue weighted by atomic mass is 16.1. The van der Waals surface area contributed by atoms with Crippen LogP contribution >= 0.6 is 0 Å². The van der Waals surface area contributed by atoms with E-state index in [4.69, 9.17) is 4.98 Å². The van der Waals surface area contributed by atoms with Gasteiger partial charge in [0.1, 0.15) is 11.5 Å². The average molecular weight is 361 g/mol. The van der Waals surface area contributed by atoms with E-state index in [-0.39, 0.29) is 5.91 Å². The highest BCUT2D eigenvalue weighted by Crippen LogP contribution is 2.33. The van der Waals surface area contributed by atoms with Gasteiger partial charge in [-0.1, -0.05) is 0 Å². The molecular formula is C19H19N7O. The van der Waals surface area contributed by atoms with Gasteiger partial charge in [0.05, 0.1) is 0 Å². The molecule has 136 valence electrons. The minimum Gasteiger partial charge on any atom is -0.356 e. The zero-order valence-corrected chi connectivity index (χ0v) is 14.7. The largest absolute Gasteiger partial charge is 0.356 e. The molecule has 3 aromatic rings. The molecular weight excluding hydrogens is 342 g/mol. The molecule has 1 atom stereocenters. The summed E-state index contributed by atoms with van der Waals surface area (Å²) in [6, 6.07) is 5.79. The number of carbonyl (C=O) groups is 1. The lowest BCUT2D eigenvalue weighted by atomic mass is 10.0. The van der Waals surface area contributed by atoms with E-state index in [1.165, 1.54) is 0 Å². The predicted molar refractivity (Wildman–Crippen MR) is 99.5 cm³/mol. The molecule has 2 aliphatic heterocycles. The van der Waals surface area contributed by atoms with E-state index in [1.54, 1.807) is 18.6 Å². The normalized spacial score (nSPS) is 19.0. The monoisotopic (exact) mass is 361 g/mol. The summed E-state index contributed by atoms with van der Waals surface area (Å²) in [6.45, 7) is 2.35. The van der Waals surface area contributed by atoms with Gasteiger partial charge >= 0.3 is 0 Å². The molecule has 0 saturated carbocycles. The van der Waals surface area contributed by atoms with Crippen molar-refractivity contribution in [2.45, 2.75) is 18.8 Å². The third-order valence-corrected chi connectivity index (χ3v) is 5.23. The van der Waals surface area contributed by atoms with E-state index in [0.29, 0.717) is 24.0 Å². The van der Waals surface area contributed by atoms with Crippen LogP contribution in [-0.2, 0) is 6.42 Å². The number of H-pyrrole nitrogens is 1. The summed E-state index contributed by atoms with van der Waals surface area (Å²) in [5, 5.41) is 10.0. The van der Waals surface area contributed by atoms with E-state index in [1.807, 2.05) is 18.2 Å². The highest BCUT2D eigenvalue weighted by molar-refractivity contribution is 5.96. The Morgan fingerprint density at radius 2 is 2.15 bits per heavy atom. The summed E-state index contributed by atoms with van der Waals surface area (Å²) >= 11 is 0. The summed E-state index contributed by atoms with van der Waals surface area (Å²) in [6.07, 6.45) is 6.99. The lowest BCUT2D eigenvalue weighted by Crippen LogP contribution is -2.35. The zero-order chi connectivity index (χ0) is 18.2. The molecule has 2 N–H and O–H groups in total. The van der Waals surface area contributed by atoms with Crippen LogP contribution in [-0.4, -0.2) is 50.7 Å². The van der Waals surface area contributed by atoms with E-state index in [2.05, 4.69) is 30.4 Å². The molecule has 2 aliphatic rings. The first-order valence-corrected chi connectivity index (χ1v) is 9.13. The number of aromatic amines is 1. The molecule has 0 aliphatic carbocycles. The number of rotatable bonds is 3. The molecule has 0 bridgehead atoms. The Balaban J connectivity index is 1.57. The van der Waals surface area contributed by atoms with Crippen LogP contribution < -0.4 is 10.2 Å². The third-order valence-electron chi connectivity index (χ3n) is 5.23. The van der Waals surface area contributed by atoms with Crippen LogP contribution in [0.4, 0.5) is 5.82 Å². The maximum absolute atomic E-state index is 12.4. The quantitative estimate of drug-likeness (QED) is 0.734. The molecule has 1 unspecified atom stereocenters. The van der Waals surface area contributed by atoms with Gasteiger partial charge < -0.3 is 10.2 Å². The number of pyridine rings is 1. The number of nitrogens with zero attached hydrogens (tertiary/aromatic N) is 5. The summed E-state index contributed by atoms with van der Waals surface area (Å²) < 4.78 is 0. The Hall–Kier alpha value is -3.29. The van der Waals surface area contributed by atoms with Gasteiger partial charge in [0.25, 0.3) is 5.91 Å². The van der Waals surface area contributed by atoms with E-state index >= 15 is 0 Å². The predicted octanol–water partition coefficient (Wildman–Crippen LogP) is 1.54. The van der Waals surface area contributed by atoms with Gasteiger partial charge in [-0.05, 0) is 31.0 Å². The highest BCUT2D eigenvalue weighted by Gasteiger charge is 2.31. The second-order valence-electron chi connectivity index (χ2n) is 6.89. The average Bonchev–Trinajstić information content (AvgIpc) is 3.40. The molecule has 0 aromatic carbocycles. The van der Waals surface area contributed by atoms with Crippen molar-refractivity contribution in [2.75, 3.05) is 24.5 Å². The number of carbonyl (C=O) groups excluding carboxylic acids is 1. The molecule has 3 aromatic heterocycles. The summed E-state index contributed by atoms with van der Waals surface area (Å²) in [4.78, 5) is 28.3. The number of amides is 1. The molecule has 5 heterocycles. The smallest absolute Gasteiger partial charge is 0.270 e. The maximum atomic E-state index is 12.4. The van der Waals surface area contributed by atoms with Gasteiger partial charge in [0, 0.05) is 61.0 Å². The molecule has 1 amide bonds. The molecule has 0 radical (unpaired) electrons. The first-order chi connectivity index (χ1) is 13.3. The number of hydrogen-bond acceptors (Lipinski definition) is 6. The topological polar surface area (TPSA) is 99.7 Å². The minimum absolute atomic E-state index is 0.130. The van der Waals surface area contributed by atoms with Crippen LogP contribution in [0.15, 0.2) is 36.8 Å². The first kappa shape index (κ1) is 15.9. The number of anilines is 1. The number of nitrogens with one attached hydrogen (secondary N) is 2. The zero-order valence-electron chi connectivity index (χ0n) is 14.7. The second-order valence-corrected chi connectivity index (χ2v) is 6.89. The van der Waals surface area contributed by atoms with E-state index < -0.39 is 0 Å². The van der Waals surface area contributed by atoms with Crippen LogP contribution in [0.3, 0.4) is 0 Å². The fraction of sp³-hybridized carbons (Fsp3) is 0.316. The van der Waals surface area contributed by atoms with Crippen molar-refractivity contribution in [3.05, 3.63) is 53.7 Å². The van der Waals surface area contributed by atoms with Gasteiger partial charge in [-0.2, -0.15) is 5.10 Å². The fourth-order valence-corrected chi connectivity index (χ4v) is 3.86. The maximum Gasteiger partial charge on any atom is 0.270 e. The van der Waals surface area contributed by atoms with Crippen LogP contribution in [0.2, 0.25) is 0 Å². The van der Waals surface area contributed by atoms with Gasteiger partial charge in [0.15, 0.2) is 5.82 Å². The molecule has 0 spiro atoms. The molecule has 5 rings (SSSR count). The summed E-state index contributed by atoms with van der Waals surface area (Å²) in [5.41, 5.74) is 3.38. The van der Waals surface area contributed by atoms with Crippen molar-refractivity contribution in [2.24, 2.45) is 0 Å². The molecule has 8 heteroatoms. The lowest BCUT2D eigenvalue weighted by molar-refractivity contribution is 0.0940. The Kier molecular flexibility index (Phi) is 3.81. The van der Waals surface area contributed by atoms with Gasteiger partial charge in [0.2, 0.25) is 0 Å². The first-order valence-electron chi connectivity index (χ1n) is 9.13. The van der Waals surface area contributed by atoms with Crippen molar-refractivity contribution >= 4 is 11.7 Å². The minimum atomic E-state index is -0.130. The second kappa shape index (κ2) is 6.46. The summed E-state index contributed by atoms with van der Waals surface area (Å²) in [5.74, 6) is 1.67. The van der Waals surface area contributed by atoms with E-state index in [9.17, 15) is 4.79 Å². The number of fused-ring (bicyclic) bond motifs is 1. The van der Waals surface area contributed by atoms with Crippen LogP contribution in [0.1, 0.15) is 34.1 Å². The number of hydrogen-bond donors (Lipinski definition) is 2. The van der Waals surface area contributed by atoms with Crippen molar-refractivity contribution in [3.63, 3.8) is 0 Å². The SMILES string of the molecule is O=C1NCCc2c1nc(-c1cccnc1)nc2N1CCC(c2ccn[nH]2)C1. The lowest BCUT2D eigenvalue weighted by Gasteiger charge is -2.25. The fourth-order valence-electron chi connectivity index (χ4n) is 3.86. The Morgan fingerprint density at radius 1 is 1.19 bits per heavy atom. The van der Waals surface area contributed by atoms with E-state index in [0.717, 1.165) is 48.6 Å². The Bertz CT molecular complexity index is 971. The van der Waals surface area contributed by atoms with Gasteiger partial charge in [-0.25, -0.2) is 9.97 Å². The van der Waals surface area contributed by atoms with Crippen LogP contribution in [0, 0.1) is 0 Å². The number of aromatic nitrogens is 5. The summed E-state index contributed by atoms with van der Waals surface area (Å²) in [7, 11) is 0. The standard InChI is InChI=1S/C19H19N7O/c27-19-16-14(3-7-21-19)18(24-17(23-16)12-2-1-6-20-10-12)26-9-5-13(11-26)15-4-8-22-25-15/h1-2,4,6,8,10,13H,3,5,7,9,11H2,(H,21,27)(H,22,25). The molecule has 1 saturated heterocycles. The molecule has 8 nitrogen and oxygen atoms in total.